The highest BCUT2D eigenvalue weighted by Gasteiger charge is 2.50. The minimum absolute atomic E-state index is 0.614. The van der Waals surface area contributed by atoms with Gasteiger partial charge in [-0.05, 0) is 0 Å². The van der Waals surface area contributed by atoms with Gasteiger partial charge in [0.1, 0.15) is 24.3 Å². The van der Waals surface area contributed by atoms with E-state index in [1.54, 1.807) is 0 Å². The first kappa shape index (κ1) is 17.8. The first-order valence-electron chi connectivity index (χ1n) is 6.16. The van der Waals surface area contributed by atoms with Gasteiger partial charge in [0.2, 0.25) is 11.7 Å². The summed E-state index contributed by atoms with van der Waals surface area (Å²) in [4.78, 5) is 22.0. The van der Waals surface area contributed by atoms with Crippen molar-refractivity contribution in [3.63, 3.8) is 0 Å². The summed E-state index contributed by atoms with van der Waals surface area (Å²) < 4.78 is 4.80. The fraction of sp³-hybridized carbons (Fsp3) is 0.818. The van der Waals surface area contributed by atoms with Crippen LogP contribution < -0.4 is 10.4 Å². The fourth-order valence-corrected chi connectivity index (χ4v) is 2.13. The van der Waals surface area contributed by atoms with E-state index in [4.69, 9.17) is 9.84 Å². The van der Waals surface area contributed by atoms with E-state index in [9.17, 15) is 35.1 Å². The molecule has 0 radical (unpaired) electrons. The number of aliphatic hydroxyl groups is 5. The van der Waals surface area contributed by atoms with Gasteiger partial charge in [-0.15, -0.1) is 0 Å². The summed E-state index contributed by atoms with van der Waals surface area (Å²) in [5.74, 6) is -5.55. The molecule has 1 amide bonds. The van der Waals surface area contributed by atoms with Crippen LogP contribution in [0, 0.1) is 0 Å². The molecule has 1 heterocycles. The minimum atomic E-state index is -2.89. The second-order valence-corrected chi connectivity index (χ2v) is 4.89. The summed E-state index contributed by atoms with van der Waals surface area (Å²) in [5.41, 5.74) is 0. The molecule has 1 aliphatic rings. The van der Waals surface area contributed by atoms with Gasteiger partial charge in [-0.2, -0.15) is 0 Å². The smallest absolute Gasteiger partial charge is 0.217 e. The van der Waals surface area contributed by atoms with Gasteiger partial charge in [-0.1, -0.05) is 0 Å². The quantitative estimate of drug-likeness (QED) is 0.289. The zero-order valence-electron chi connectivity index (χ0n) is 11.2. The maximum atomic E-state index is 11.1. The van der Waals surface area contributed by atoms with Gasteiger partial charge in [0, 0.05) is 13.3 Å². The number of amides is 1. The molecule has 0 aromatic carbocycles. The number of rotatable bonds is 5. The van der Waals surface area contributed by atoms with Gasteiger partial charge in [-0.3, -0.25) is 4.79 Å². The van der Waals surface area contributed by atoms with Crippen LogP contribution in [-0.4, -0.2) is 80.3 Å². The molecule has 1 fully saturated rings. The van der Waals surface area contributed by atoms with E-state index in [2.05, 4.69) is 5.32 Å². The molecule has 6 N–H and O–H groups in total. The maximum Gasteiger partial charge on any atom is 0.217 e. The first-order valence-corrected chi connectivity index (χ1v) is 6.16. The van der Waals surface area contributed by atoms with Crippen LogP contribution in [-0.2, 0) is 14.3 Å². The number of carbonyl (C=O) groups is 2. The highest BCUT2D eigenvalue weighted by atomic mass is 16.7. The summed E-state index contributed by atoms with van der Waals surface area (Å²) in [7, 11) is 0. The molecular formula is C11H18NO9-. The van der Waals surface area contributed by atoms with Gasteiger partial charge in [0.05, 0.1) is 18.8 Å². The lowest BCUT2D eigenvalue weighted by Crippen LogP contribution is -2.68. The molecule has 10 heteroatoms. The second-order valence-electron chi connectivity index (χ2n) is 4.89. The molecule has 122 valence electrons. The Hall–Kier alpha value is -1.30. The summed E-state index contributed by atoms with van der Waals surface area (Å²) in [5, 5.41) is 60.8. The van der Waals surface area contributed by atoms with E-state index in [0.29, 0.717) is 0 Å². The molecule has 1 rings (SSSR count). The lowest BCUT2D eigenvalue weighted by atomic mass is 9.88. The number of ether oxygens (including phenoxy) is 1. The lowest BCUT2D eigenvalue weighted by Gasteiger charge is -2.46. The van der Waals surface area contributed by atoms with Crippen molar-refractivity contribution in [1.82, 2.24) is 5.32 Å². The molecule has 1 aliphatic heterocycles. The molecular weight excluding hydrogens is 290 g/mol. The summed E-state index contributed by atoms with van der Waals surface area (Å²) in [6.07, 6.45) is -7.67. The number of carboxylic acid groups (broad SMARTS) is 1. The SMILES string of the molecule is CC(=O)N[C@@H]1[C@@H](O)C[C@@](O)(C(=O)[O-])O[C@H]1C(O)C(O)CO. The molecule has 10 nitrogen and oxygen atoms in total. The van der Waals surface area contributed by atoms with E-state index in [0.717, 1.165) is 6.92 Å². The van der Waals surface area contributed by atoms with Gasteiger partial charge < -0.3 is 45.5 Å². The highest BCUT2D eigenvalue weighted by Crippen LogP contribution is 2.29. The van der Waals surface area contributed by atoms with Crippen molar-refractivity contribution in [3.8, 4) is 0 Å². The predicted octanol–water partition coefficient (Wildman–Crippen LogP) is -5.21. The molecule has 0 bridgehead atoms. The minimum Gasteiger partial charge on any atom is -0.544 e. The summed E-state index contributed by atoms with van der Waals surface area (Å²) >= 11 is 0. The number of aliphatic carboxylic acids is 1. The number of nitrogens with one attached hydrogen (secondary N) is 1. The normalized spacial score (nSPS) is 35.8. The van der Waals surface area contributed by atoms with Gasteiger partial charge in [0.15, 0.2) is 0 Å². The molecule has 2 unspecified atom stereocenters. The molecule has 6 atom stereocenters. The maximum absolute atomic E-state index is 11.1. The topological polar surface area (TPSA) is 180 Å². The van der Waals surface area contributed by atoms with Crippen molar-refractivity contribution in [2.45, 2.75) is 49.6 Å². The molecule has 1 saturated heterocycles. The van der Waals surface area contributed by atoms with E-state index in [1.807, 2.05) is 0 Å². The third kappa shape index (κ3) is 3.87. The Balaban J connectivity index is 3.07. The third-order valence-electron chi connectivity index (χ3n) is 3.19. The first-order chi connectivity index (χ1) is 9.62. The number of carboxylic acids is 1. The Bertz CT molecular complexity index is 403. The van der Waals surface area contributed by atoms with E-state index < -0.39 is 61.1 Å². The van der Waals surface area contributed by atoms with Crippen molar-refractivity contribution < 1.29 is 45.0 Å². The molecule has 0 aromatic rings. The van der Waals surface area contributed by atoms with Crippen LogP contribution in [0.2, 0.25) is 0 Å². The van der Waals surface area contributed by atoms with Crippen LogP contribution in [0.4, 0.5) is 0 Å². The van der Waals surface area contributed by atoms with E-state index >= 15 is 0 Å². The largest absolute Gasteiger partial charge is 0.544 e. The van der Waals surface area contributed by atoms with E-state index in [-0.39, 0.29) is 0 Å². The Morgan fingerprint density at radius 2 is 2.05 bits per heavy atom. The summed E-state index contributed by atoms with van der Waals surface area (Å²) in [6.45, 7) is 0.228. The zero-order chi connectivity index (χ0) is 16.4. The number of hydrogen-bond acceptors (Lipinski definition) is 9. The molecule has 0 spiro atoms. The van der Waals surface area contributed by atoms with Crippen LogP contribution in [0.25, 0.3) is 0 Å². The number of hydrogen-bond donors (Lipinski definition) is 6. The number of carbonyl (C=O) groups excluding carboxylic acids is 2. The van der Waals surface area contributed by atoms with Crippen LogP contribution in [0.3, 0.4) is 0 Å². The summed E-state index contributed by atoms with van der Waals surface area (Å²) in [6, 6.07) is -1.29. The van der Waals surface area contributed by atoms with Crippen molar-refractivity contribution >= 4 is 11.9 Å². The number of aliphatic hydroxyl groups excluding tert-OH is 4. The van der Waals surface area contributed by atoms with Crippen molar-refractivity contribution in [2.75, 3.05) is 6.61 Å². The Morgan fingerprint density at radius 1 is 1.48 bits per heavy atom. The van der Waals surface area contributed by atoms with Gasteiger partial charge in [-0.25, -0.2) is 0 Å². The second kappa shape index (κ2) is 6.64. The van der Waals surface area contributed by atoms with Crippen molar-refractivity contribution in [2.24, 2.45) is 0 Å². The molecule has 0 aliphatic carbocycles. The highest BCUT2D eigenvalue weighted by molar-refractivity contribution is 5.74. The zero-order valence-corrected chi connectivity index (χ0v) is 11.2. The van der Waals surface area contributed by atoms with E-state index in [1.165, 1.54) is 0 Å². The van der Waals surface area contributed by atoms with Crippen LogP contribution >= 0.6 is 0 Å². The third-order valence-corrected chi connectivity index (χ3v) is 3.19. The Kier molecular flexibility index (Phi) is 5.61. The molecule has 0 saturated carbocycles. The Labute approximate surface area is 119 Å². The van der Waals surface area contributed by atoms with Crippen molar-refractivity contribution in [3.05, 3.63) is 0 Å². The molecule has 0 aromatic heterocycles. The predicted molar refractivity (Wildman–Crippen MR) is 62.2 cm³/mol. The van der Waals surface area contributed by atoms with Crippen LogP contribution in [0.15, 0.2) is 0 Å². The average molecular weight is 308 g/mol. The monoisotopic (exact) mass is 308 g/mol. The standard InChI is InChI=1S/C11H19NO9/c1-4(14)12-7-5(15)2-11(20,10(18)19)21-9(7)8(17)6(16)3-13/h5-9,13,15-17,20H,2-3H2,1H3,(H,12,14)(H,18,19)/p-1/t5-,6?,7+,8?,9+,11-/m0/s1. The van der Waals surface area contributed by atoms with Crippen LogP contribution in [0.1, 0.15) is 13.3 Å². The van der Waals surface area contributed by atoms with Crippen molar-refractivity contribution in [1.29, 1.82) is 0 Å². The fourth-order valence-electron chi connectivity index (χ4n) is 2.13. The van der Waals surface area contributed by atoms with Gasteiger partial charge >= 0.3 is 0 Å². The molecule has 21 heavy (non-hydrogen) atoms. The average Bonchev–Trinajstić information content (AvgIpc) is 2.39. The van der Waals surface area contributed by atoms with Crippen LogP contribution in [0.5, 0.6) is 0 Å². The van der Waals surface area contributed by atoms with Gasteiger partial charge in [0.25, 0.3) is 0 Å². The Morgan fingerprint density at radius 3 is 2.48 bits per heavy atom. The lowest BCUT2D eigenvalue weighted by molar-refractivity contribution is -0.374.